The van der Waals surface area contributed by atoms with Crippen molar-refractivity contribution in [3.05, 3.63) is 6.33 Å². The van der Waals surface area contributed by atoms with E-state index in [1.54, 1.807) is 6.33 Å². The molecule has 0 spiro atoms. The number of carboxylic acids is 1. The van der Waals surface area contributed by atoms with E-state index in [2.05, 4.69) is 10.2 Å². The van der Waals surface area contributed by atoms with Crippen LogP contribution in [0.15, 0.2) is 11.5 Å². The third-order valence-corrected chi connectivity index (χ3v) is 4.15. The number of thioether (sulfide) groups is 1. The average Bonchev–Trinajstić information content (AvgIpc) is 3.11. The summed E-state index contributed by atoms with van der Waals surface area (Å²) >= 11 is 1.31. The quantitative estimate of drug-likeness (QED) is 0.799. The fourth-order valence-corrected chi connectivity index (χ4v) is 2.84. The number of hydrogen-bond acceptors (Lipinski definition) is 5. The third kappa shape index (κ3) is 4.20. The van der Waals surface area contributed by atoms with Crippen molar-refractivity contribution in [3.8, 4) is 0 Å². The van der Waals surface area contributed by atoms with Crippen molar-refractivity contribution in [1.29, 1.82) is 0 Å². The molecule has 1 N–H and O–H groups in total. The summed E-state index contributed by atoms with van der Waals surface area (Å²) in [7, 11) is 0. The average molecular weight is 312 g/mol. The number of amides is 1. The Bertz CT molecular complexity index is 534. The number of rotatable bonds is 6. The van der Waals surface area contributed by atoms with Gasteiger partial charge in [0.15, 0.2) is 5.16 Å². The maximum atomic E-state index is 12.3. The van der Waals surface area contributed by atoms with Crippen LogP contribution in [-0.4, -0.2) is 54.5 Å². The normalized spacial score (nSPS) is 15.0. The highest BCUT2D eigenvalue weighted by molar-refractivity contribution is 7.99. The zero-order valence-corrected chi connectivity index (χ0v) is 13.3. The van der Waals surface area contributed by atoms with Gasteiger partial charge in [0.2, 0.25) is 5.91 Å². The first-order valence-corrected chi connectivity index (χ1v) is 7.82. The standard InChI is InChI=1S/C13H20N4O3S/c1-13(2,3)17(6-11(19)20)10(18)7-21-12-15-14-8-16(12)9-4-5-9/h8-9H,4-7H2,1-3H3,(H,19,20). The molecule has 1 heterocycles. The van der Waals surface area contributed by atoms with Crippen molar-refractivity contribution in [2.45, 2.75) is 50.4 Å². The summed E-state index contributed by atoms with van der Waals surface area (Å²) in [6.45, 7) is 5.18. The van der Waals surface area contributed by atoms with Crippen molar-refractivity contribution in [2.24, 2.45) is 0 Å². The van der Waals surface area contributed by atoms with E-state index in [9.17, 15) is 9.59 Å². The maximum Gasteiger partial charge on any atom is 0.323 e. The Balaban J connectivity index is 1.98. The first kappa shape index (κ1) is 15.8. The SMILES string of the molecule is CC(C)(C)N(CC(=O)O)C(=O)CSc1nncn1C1CC1. The molecule has 21 heavy (non-hydrogen) atoms. The minimum absolute atomic E-state index is 0.163. The van der Waals surface area contributed by atoms with Gasteiger partial charge in [-0.2, -0.15) is 0 Å². The van der Waals surface area contributed by atoms with Gasteiger partial charge in [-0.25, -0.2) is 0 Å². The first-order chi connectivity index (χ1) is 9.79. The van der Waals surface area contributed by atoms with Crippen LogP contribution in [0.4, 0.5) is 0 Å². The lowest BCUT2D eigenvalue weighted by molar-refractivity contribution is -0.146. The van der Waals surface area contributed by atoms with Gasteiger partial charge in [-0.1, -0.05) is 11.8 Å². The Kier molecular flexibility index (Phi) is 4.55. The molecule has 1 aliphatic rings. The molecule has 1 aromatic heterocycles. The Hall–Kier alpha value is -1.57. The van der Waals surface area contributed by atoms with E-state index in [4.69, 9.17) is 5.11 Å². The summed E-state index contributed by atoms with van der Waals surface area (Å²) in [5, 5.41) is 17.6. The highest BCUT2D eigenvalue weighted by Gasteiger charge is 2.30. The monoisotopic (exact) mass is 312 g/mol. The summed E-state index contributed by atoms with van der Waals surface area (Å²) in [4.78, 5) is 24.6. The van der Waals surface area contributed by atoms with Crippen LogP contribution in [0.25, 0.3) is 0 Å². The lowest BCUT2D eigenvalue weighted by Gasteiger charge is -2.34. The predicted octanol–water partition coefficient (Wildman–Crippen LogP) is 1.42. The second-order valence-electron chi connectivity index (χ2n) is 6.09. The Labute approximate surface area is 127 Å². The fourth-order valence-electron chi connectivity index (χ4n) is 1.98. The van der Waals surface area contributed by atoms with Crippen LogP contribution >= 0.6 is 11.8 Å². The van der Waals surface area contributed by atoms with E-state index < -0.39 is 11.5 Å². The highest BCUT2D eigenvalue weighted by atomic mass is 32.2. The first-order valence-electron chi connectivity index (χ1n) is 6.83. The topological polar surface area (TPSA) is 88.3 Å². The number of carbonyl (C=O) groups excluding carboxylic acids is 1. The molecule has 0 bridgehead atoms. The molecule has 7 nitrogen and oxygen atoms in total. The zero-order chi connectivity index (χ0) is 15.6. The molecule has 8 heteroatoms. The van der Waals surface area contributed by atoms with Gasteiger partial charge in [-0.3, -0.25) is 9.59 Å². The Morgan fingerprint density at radius 1 is 1.48 bits per heavy atom. The van der Waals surface area contributed by atoms with Gasteiger partial charge >= 0.3 is 5.97 Å². The molecular formula is C13H20N4O3S. The minimum atomic E-state index is -1.01. The van der Waals surface area contributed by atoms with Crippen LogP contribution in [-0.2, 0) is 9.59 Å². The number of nitrogens with zero attached hydrogens (tertiary/aromatic N) is 4. The van der Waals surface area contributed by atoms with Gasteiger partial charge in [0.25, 0.3) is 0 Å². The molecule has 1 saturated carbocycles. The van der Waals surface area contributed by atoms with Crippen molar-refractivity contribution in [1.82, 2.24) is 19.7 Å². The third-order valence-electron chi connectivity index (χ3n) is 3.21. The van der Waals surface area contributed by atoms with E-state index in [0.717, 1.165) is 18.0 Å². The molecule has 1 fully saturated rings. The van der Waals surface area contributed by atoms with E-state index in [-0.39, 0.29) is 18.2 Å². The van der Waals surface area contributed by atoms with Crippen LogP contribution in [0.1, 0.15) is 39.7 Å². The molecule has 0 aromatic carbocycles. The van der Waals surface area contributed by atoms with E-state index in [1.165, 1.54) is 16.7 Å². The molecule has 2 rings (SSSR count). The summed E-state index contributed by atoms with van der Waals surface area (Å²) < 4.78 is 1.98. The lowest BCUT2D eigenvalue weighted by Crippen LogP contribution is -2.49. The zero-order valence-electron chi connectivity index (χ0n) is 12.4. The molecule has 0 radical (unpaired) electrons. The smallest absolute Gasteiger partial charge is 0.323 e. The fraction of sp³-hybridized carbons (Fsp3) is 0.692. The van der Waals surface area contributed by atoms with Gasteiger partial charge in [0.1, 0.15) is 12.9 Å². The van der Waals surface area contributed by atoms with E-state index >= 15 is 0 Å². The van der Waals surface area contributed by atoms with E-state index in [1.807, 2.05) is 25.3 Å². The van der Waals surface area contributed by atoms with Gasteiger partial charge < -0.3 is 14.6 Å². The number of aromatic nitrogens is 3. The number of hydrogen-bond donors (Lipinski definition) is 1. The minimum Gasteiger partial charge on any atom is -0.480 e. The molecule has 0 unspecified atom stereocenters. The van der Waals surface area contributed by atoms with Crippen LogP contribution in [0.2, 0.25) is 0 Å². The van der Waals surface area contributed by atoms with Crippen LogP contribution in [0.3, 0.4) is 0 Å². The Morgan fingerprint density at radius 3 is 2.67 bits per heavy atom. The number of carboxylic acid groups (broad SMARTS) is 1. The summed E-state index contributed by atoms with van der Waals surface area (Å²) in [6.07, 6.45) is 3.92. The van der Waals surface area contributed by atoms with E-state index in [0.29, 0.717) is 6.04 Å². The van der Waals surface area contributed by atoms with Crippen LogP contribution < -0.4 is 0 Å². The lowest BCUT2D eigenvalue weighted by atomic mass is 10.1. The highest BCUT2D eigenvalue weighted by Crippen LogP contribution is 2.37. The number of carbonyl (C=O) groups is 2. The molecular weight excluding hydrogens is 292 g/mol. The summed E-state index contributed by atoms with van der Waals surface area (Å²) in [5.74, 6) is -1.06. The van der Waals surface area contributed by atoms with Crippen LogP contribution in [0.5, 0.6) is 0 Å². The molecule has 116 valence electrons. The summed E-state index contributed by atoms with van der Waals surface area (Å²) in [5.41, 5.74) is -0.528. The van der Waals surface area contributed by atoms with Gasteiger partial charge in [0, 0.05) is 11.6 Å². The second-order valence-corrected chi connectivity index (χ2v) is 7.03. The van der Waals surface area contributed by atoms with Gasteiger partial charge in [-0.05, 0) is 33.6 Å². The van der Waals surface area contributed by atoms with Crippen LogP contribution in [0, 0.1) is 0 Å². The maximum absolute atomic E-state index is 12.3. The van der Waals surface area contributed by atoms with Crippen molar-refractivity contribution < 1.29 is 14.7 Å². The van der Waals surface area contributed by atoms with Crippen molar-refractivity contribution in [3.63, 3.8) is 0 Å². The van der Waals surface area contributed by atoms with Gasteiger partial charge in [0.05, 0.1) is 5.75 Å². The molecule has 0 saturated heterocycles. The predicted molar refractivity (Wildman–Crippen MR) is 78.1 cm³/mol. The van der Waals surface area contributed by atoms with Crippen molar-refractivity contribution >= 4 is 23.6 Å². The largest absolute Gasteiger partial charge is 0.480 e. The molecule has 0 aliphatic heterocycles. The Morgan fingerprint density at radius 2 is 2.14 bits per heavy atom. The second kappa shape index (κ2) is 6.05. The summed E-state index contributed by atoms with van der Waals surface area (Å²) in [6, 6.07) is 0.454. The van der Waals surface area contributed by atoms with Crippen molar-refractivity contribution in [2.75, 3.05) is 12.3 Å². The molecule has 1 aliphatic carbocycles. The number of aliphatic carboxylic acids is 1. The van der Waals surface area contributed by atoms with Gasteiger partial charge in [-0.15, -0.1) is 10.2 Å². The molecule has 1 amide bonds. The molecule has 1 aromatic rings. The molecule has 0 atom stereocenters.